The number of carboxylic acid groups (broad SMARTS) is 1. The van der Waals surface area contributed by atoms with Crippen LogP contribution in [0, 0.1) is 5.92 Å². The van der Waals surface area contributed by atoms with Crippen molar-refractivity contribution in [1.82, 2.24) is 4.98 Å². The third-order valence-corrected chi connectivity index (χ3v) is 5.87. The Morgan fingerprint density at radius 2 is 1.86 bits per heavy atom. The molecule has 1 amide bonds. The normalized spacial score (nSPS) is 18.9. The molecule has 1 aliphatic carbocycles. The molecular weight excluding hydrogens is 440 g/mol. The second-order valence-electron chi connectivity index (χ2n) is 7.44. The van der Waals surface area contributed by atoms with Crippen LogP contribution in [0.2, 0.25) is 0 Å². The number of halogens is 1. The van der Waals surface area contributed by atoms with E-state index in [2.05, 4.69) is 26.2 Å². The van der Waals surface area contributed by atoms with Gasteiger partial charge in [0.2, 0.25) is 5.91 Å². The summed E-state index contributed by atoms with van der Waals surface area (Å²) >= 11 is 3.38. The lowest BCUT2D eigenvalue weighted by atomic mass is 9.73. The smallest absolute Gasteiger partial charge is 0.335 e. The van der Waals surface area contributed by atoms with Crippen molar-refractivity contribution in [2.45, 2.75) is 31.0 Å². The number of hydrogen-bond acceptors (Lipinski definition) is 5. The van der Waals surface area contributed by atoms with Gasteiger partial charge in [0, 0.05) is 29.2 Å². The number of ether oxygens (including phenoxy) is 2. The van der Waals surface area contributed by atoms with Crippen molar-refractivity contribution in [2.75, 3.05) is 18.5 Å². The minimum atomic E-state index is -1.00. The maximum Gasteiger partial charge on any atom is 0.335 e. The molecule has 2 heterocycles. The van der Waals surface area contributed by atoms with Gasteiger partial charge >= 0.3 is 5.97 Å². The van der Waals surface area contributed by atoms with Gasteiger partial charge in [0.15, 0.2) is 5.79 Å². The Morgan fingerprint density at radius 1 is 1.17 bits per heavy atom. The lowest BCUT2D eigenvalue weighted by Crippen LogP contribution is -2.45. The molecule has 1 aromatic heterocycles. The van der Waals surface area contributed by atoms with Crippen LogP contribution in [0.3, 0.4) is 0 Å². The number of aromatic carboxylic acids is 1. The third kappa shape index (κ3) is 4.49. The molecule has 2 fully saturated rings. The minimum absolute atomic E-state index is 0.169. The molecule has 4 rings (SSSR count). The Hall–Kier alpha value is -2.29. The van der Waals surface area contributed by atoms with Gasteiger partial charge in [-0.3, -0.25) is 9.78 Å². The Bertz CT molecular complexity index is 886. The van der Waals surface area contributed by atoms with Crippen molar-refractivity contribution in [1.29, 1.82) is 0 Å². The molecule has 1 saturated heterocycles. The quantitative estimate of drug-likeness (QED) is 0.679. The number of amides is 1. The van der Waals surface area contributed by atoms with Gasteiger partial charge in [-0.1, -0.05) is 0 Å². The number of benzene rings is 1. The summed E-state index contributed by atoms with van der Waals surface area (Å²) in [6.07, 6.45) is 3.88. The van der Waals surface area contributed by atoms with E-state index in [4.69, 9.17) is 14.6 Å². The maximum absolute atomic E-state index is 13.1. The van der Waals surface area contributed by atoms with E-state index in [0.717, 1.165) is 17.3 Å². The molecule has 152 valence electrons. The topological polar surface area (TPSA) is 97.8 Å². The van der Waals surface area contributed by atoms with Crippen LogP contribution in [-0.4, -0.2) is 41.0 Å². The molecule has 8 heteroatoms. The number of carbonyl (C=O) groups excluding carboxylic acids is 1. The van der Waals surface area contributed by atoms with Crippen LogP contribution in [-0.2, 0) is 14.3 Å². The number of nitrogens with zero attached hydrogens (tertiary/aromatic N) is 1. The van der Waals surface area contributed by atoms with E-state index in [1.54, 1.807) is 18.3 Å². The van der Waals surface area contributed by atoms with Crippen LogP contribution >= 0.6 is 15.9 Å². The first-order valence-corrected chi connectivity index (χ1v) is 10.3. The molecule has 29 heavy (non-hydrogen) atoms. The molecular formula is C21H21BrN2O5. The first-order chi connectivity index (χ1) is 13.9. The van der Waals surface area contributed by atoms with E-state index >= 15 is 0 Å². The molecule has 0 bridgehead atoms. The fraction of sp³-hybridized carbons (Fsp3) is 0.381. The van der Waals surface area contributed by atoms with Gasteiger partial charge in [0.05, 0.1) is 30.4 Å². The molecule has 1 saturated carbocycles. The van der Waals surface area contributed by atoms with E-state index in [0.29, 0.717) is 36.9 Å². The van der Waals surface area contributed by atoms with Crippen molar-refractivity contribution >= 4 is 33.5 Å². The minimum Gasteiger partial charge on any atom is -0.478 e. The summed E-state index contributed by atoms with van der Waals surface area (Å²) in [5, 5.41) is 11.9. The number of pyridine rings is 1. The van der Waals surface area contributed by atoms with E-state index in [-0.39, 0.29) is 11.5 Å². The Kier molecular flexibility index (Phi) is 5.67. The maximum atomic E-state index is 13.1. The van der Waals surface area contributed by atoms with Crippen LogP contribution < -0.4 is 5.32 Å². The highest BCUT2D eigenvalue weighted by atomic mass is 79.9. The van der Waals surface area contributed by atoms with Gasteiger partial charge in [-0.2, -0.15) is 0 Å². The lowest BCUT2D eigenvalue weighted by molar-refractivity contribution is -0.231. The van der Waals surface area contributed by atoms with Crippen LogP contribution in [0.25, 0.3) is 0 Å². The zero-order chi connectivity index (χ0) is 20.4. The molecule has 2 aromatic rings. The Balaban J connectivity index is 1.47. The molecule has 2 aliphatic rings. The van der Waals surface area contributed by atoms with Crippen LogP contribution in [0.1, 0.15) is 41.2 Å². The molecule has 1 atom stereocenters. The summed E-state index contributed by atoms with van der Waals surface area (Å²) in [5.74, 6) is -1.74. The summed E-state index contributed by atoms with van der Waals surface area (Å²) in [7, 11) is 0. The molecule has 1 spiro atoms. The van der Waals surface area contributed by atoms with Crippen molar-refractivity contribution in [3.63, 3.8) is 0 Å². The number of nitrogens with one attached hydrogen (secondary N) is 1. The van der Waals surface area contributed by atoms with Crippen molar-refractivity contribution in [3.8, 4) is 0 Å². The third-order valence-electron chi connectivity index (χ3n) is 5.41. The van der Waals surface area contributed by atoms with E-state index in [1.807, 2.05) is 12.1 Å². The van der Waals surface area contributed by atoms with Gasteiger partial charge in [-0.05, 0) is 64.7 Å². The van der Waals surface area contributed by atoms with Crippen LogP contribution in [0.5, 0.6) is 0 Å². The molecule has 1 unspecified atom stereocenters. The van der Waals surface area contributed by atoms with Crippen molar-refractivity contribution in [2.24, 2.45) is 5.92 Å². The molecule has 1 aromatic carbocycles. The number of aromatic nitrogens is 1. The highest BCUT2D eigenvalue weighted by Crippen LogP contribution is 2.48. The Morgan fingerprint density at radius 3 is 2.45 bits per heavy atom. The molecule has 7 nitrogen and oxygen atoms in total. The SMILES string of the molecule is O=C(O)c1ccc(NC(=O)C(CC2CC3(C2)OCCO3)c2ccc(Br)cn2)cc1. The molecule has 0 radical (unpaired) electrons. The average molecular weight is 461 g/mol. The highest BCUT2D eigenvalue weighted by molar-refractivity contribution is 9.10. The van der Waals surface area contributed by atoms with Crippen molar-refractivity contribution in [3.05, 3.63) is 58.3 Å². The molecule has 2 N–H and O–H groups in total. The summed E-state index contributed by atoms with van der Waals surface area (Å²) in [4.78, 5) is 28.5. The van der Waals surface area contributed by atoms with E-state index in [9.17, 15) is 9.59 Å². The number of carbonyl (C=O) groups is 2. The predicted molar refractivity (Wildman–Crippen MR) is 109 cm³/mol. The van der Waals surface area contributed by atoms with Gasteiger partial charge in [-0.15, -0.1) is 0 Å². The standard InChI is InChI=1S/C21H21BrN2O5/c22-15-3-6-18(23-12-15)17(9-13-10-21(11-13)28-7-8-29-21)19(25)24-16-4-1-14(2-5-16)20(26)27/h1-6,12-13,17H,7-11H2,(H,24,25)(H,26,27). The Labute approximate surface area is 176 Å². The first kappa shape index (κ1) is 20.0. The summed E-state index contributed by atoms with van der Waals surface area (Å²) in [6, 6.07) is 9.83. The second kappa shape index (κ2) is 8.22. The van der Waals surface area contributed by atoms with Gasteiger partial charge in [0.25, 0.3) is 0 Å². The monoisotopic (exact) mass is 460 g/mol. The number of rotatable bonds is 6. The largest absolute Gasteiger partial charge is 0.478 e. The van der Waals surface area contributed by atoms with Gasteiger partial charge in [-0.25, -0.2) is 4.79 Å². The molecule has 1 aliphatic heterocycles. The van der Waals surface area contributed by atoms with E-state index < -0.39 is 17.7 Å². The zero-order valence-corrected chi connectivity index (χ0v) is 17.2. The van der Waals surface area contributed by atoms with E-state index in [1.165, 1.54) is 12.1 Å². The summed E-state index contributed by atoms with van der Waals surface area (Å²) < 4.78 is 12.3. The van der Waals surface area contributed by atoms with Crippen LogP contribution in [0.15, 0.2) is 47.1 Å². The highest BCUT2D eigenvalue weighted by Gasteiger charge is 2.50. The zero-order valence-electron chi connectivity index (χ0n) is 15.6. The van der Waals surface area contributed by atoms with Crippen LogP contribution in [0.4, 0.5) is 5.69 Å². The first-order valence-electron chi connectivity index (χ1n) is 9.48. The summed E-state index contributed by atoms with van der Waals surface area (Å²) in [6.45, 7) is 1.24. The number of anilines is 1. The van der Waals surface area contributed by atoms with Crippen molar-refractivity contribution < 1.29 is 24.2 Å². The fourth-order valence-electron chi connectivity index (χ4n) is 3.93. The second-order valence-corrected chi connectivity index (χ2v) is 8.36. The number of carboxylic acids is 1. The lowest BCUT2D eigenvalue weighted by Gasteiger charge is -2.43. The summed E-state index contributed by atoms with van der Waals surface area (Å²) in [5.41, 5.74) is 1.42. The fourth-order valence-corrected chi connectivity index (χ4v) is 4.17. The number of hydrogen-bond donors (Lipinski definition) is 2. The average Bonchev–Trinajstić information content (AvgIpc) is 3.17. The van der Waals surface area contributed by atoms with Gasteiger partial charge in [0.1, 0.15) is 0 Å². The van der Waals surface area contributed by atoms with Gasteiger partial charge < -0.3 is 19.9 Å². The predicted octanol–water partition coefficient (Wildman–Crippen LogP) is 3.81.